The molecule has 1 aromatic heterocycles. The zero-order valence-corrected chi connectivity index (χ0v) is 13.4. The zero-order chi connectivity index (χ0) is 15.0. The van der Waals surface area contributed by atoms with Crippen molar-refractivity contribution in [2.24, 2.45) is 0 Å². The highest BCUT2D eigenvalue weighted by molar-refractivity contribution is 8.27. The van der Waals surface area contributed by atoms with Crippen LogP contribution in [0.4, 0.5) is 10.1 Å². The second-order valence-electron chi connectivity index (χ2n) is 4.46. The van der Waals surface area contributed by atoms with Crippen molar-refractivity contribution in [3.63, 3.8) is 0 Å². The van der Waals surface area contributed by atoms with Crippen molar-refractivity contribution >= 4 is 57.3 Å². The number of thioether (sulfide) groups is 1. The number of aryl methyl sites for hydroxylation is 1. The highest BCUT2D eigenvalue weighted by atomic mass is 32.2. The molecule has 2 heterocycles. The Hall–Kier alpha value is -1.50. The smallest absolute Gasteiger partial charge is 0.268 e. The summed E-state index contributed by atoms with van der Waals surface area (Å²) in [6.45, 7) is 2.00. The van der Waals surface area contributed by atoms with Crippen LogP contribution < -0.4 is 4.90 Å². The number of hydrogen-bond acceptors (Lipinski definition) is 4. The van der Waals surface area contributed by atoms with Gasteiger partial charge in [-0.25, -0.2) is 4.39 Å². The molecule has 0 saturated carbocycles. The average molecular weight is 335 g/mol. The van der Waals surface area contributed by atoms with Gasteiger partial charge in [-0.1, -0.05) is 30.0 Å². The predicted molar refractivity (Wildman–Crippen MR) is 91.1 cm³/mol. The number of carbonyl (C=O) groups is 1. The van der Waals surface area contributed by atoms with Gasteiger partial charge in [0.2, 0.25) is 0 Å². The molecular formula is C15H10FNOS3. The Balaban J connectivity index is 1.96. The molecule has 0 spiro atoms. The van der Waals surface area contributed by atoms with E-state index >= 15 is 0 Å². The molecule has 0 aliphatic carbocycles. The molecule has 1 saturated heterocycles. The summed E-state index contributed by atoms with van der Waals surface area (Å²) in [5.41, 5.74) is 1.58. The topological polar surface area (TPSA) is 20.3 Å². The molecular weight excluding hydrogens is 325 g/mol. The second kappa shape index (κ2) is 5.71. The molecule has 2 aromatic rings. The van der Waals surface area contributed by atoms with Gasteiger partial charge in [0.1, 0.15) is 5.82 Å². The van der Waals surface area contributed by atoms with E-state index in [1.165, 1.54) is 28.8 Å². The lowest BCUT2D eigenvalue weighted by atomic mass is 10.2. The van der Waals surface area contributed by atoms with Gasteiger partial charge < -0.3 is 0 Å². The van der Waals surface area contributed by atoms with Gasteiger partial charge in [0.15, 0.2) is 4.32 Å². The number of hydrogen-bond donors (Lipinski definition) is 0. The molecule has 1 aliphatic rings. The number of halogens is 1. The SMILES string of the molecule is Cc1ccsc1/C=C1\SC(=S)N(c2cccc(F)c2)C1=O. The zero-order valence-electron chi connectivity index (χ0n) is 11.0. The maximum absolute atomic E-state index is 13.3. The van der Waals surface area contributed by atoms with Crippen LogP contribution in [-0.2, 0) is 4.79 Å². The number of amides is 1. The number of nitrogens with zero attached hydrogens (tertiary/aromatic N) is 1. The molecule has 6 heteroatoms. The third-order valence-electron chi connectivity index (χ3n) is 3.02. The van der Waals surface area contributed by atoms with Crippen molar-refractivity contribution in [1.82, 2.24) is 0 Å². The second-order valence-corrected chi connectivity index (χ2v) is 7.09. The first-order chi connectivity index (χ1) is 10.1. The third kappa shape index (κ3) is 2.79. The molecule has 0 unspecified atom stereocenters. The van der Waals surface area contributed by atoms with Crippen molar-refractivity contribution in [1.29, 1.82) is 0 Å². The minimum Gasteiger partial charge on any atom is -0.268 e. The van der Waals surface area contributed by atoms with Crippen LogP contribution in [0.1, 0.15) is 10.4 Å². The molecule has 1 fully saturated rings. The first-order valence-electron chi connectivity index (χ1n) is 6.14. The molecule has 21 heavy (non-hydrogen) atoms. The highest BCUT2D eigenvalue weighted by Crippen LogP contribution is 2.37. The maximum Gasteiger partial charge on any atom is 0.270 e. The number of benzene rings is 1. The highest BCUT2D eigenvalue weighted by Gasteiger charge is 2.33. The Morgan fingerprint density at radius 1 is 1.33 bits per heavy atom. The number of thiophene rings is 1. The summed E-state index contributed by atoms with van der Waals surface area (Å²) in [7, 11) is 0. The Labute approximate surface area is 135 Å². The Kier molecular flexibility index (Phi) is 3.93. The fourth-order valence-corrected chi connectivity index (χ4v) is 4.17. The van der Waals surface area contributed by atoms with E-state index < -0.39 is 0 Å². The van der Waals surface area contributed by atoms with Gasteiger partial charge in [-0.15, -0.1) is 11.3 Å². The Bertz CT molecular complexity index is 766. The largest absolute Gasteiger partial charge is 0.270 e. The molecule has 1 aliphatic heterocycles. The summed E-state index contributed by atoms with van der Waals surface area (Å²) < 4.78 is 13.8. The fraction of sp³-hybridized carbons (Fsp3) is 0.0667. The molecule has 2 nitrogen and oxygen atoms in total. The number of thiocarbonyl (C=S) groups is 1. The fourth-order valence-electron chi connectivity index (χ4n) is 1.96. The molecule has 3 rings (SSSR count). The average Bonchev–Trinajstić information content (AvgIpc) is 2.95. The lowest BCUT2D eigenvalue weighted by Crippen LogP contribution is -2.27. The van der Waals surface area contributed by atoms with Crippen LogP contribution in [0.5, 0.6) is 0 Å². The van der Waals surface area contributed by atoms with Gasteiger partial charge in [0.25, 0.3) is 5.91 Å². The first kappa shape index (κ1) is 14.4. The minimum atomic E-state index is -0.389. The van der Waals surface area contributed by atoms with Gasteiger partial charge in [0.05, 0.1) is 10.6 Å². The maximum atomic E-state index is 13.3. The molecule has 0 N–H and O–H groups in total. The quantitative estimate of drug-likeness (QED) is 0.591. The van der Waals surface area contributed by atoms with E-state index in [4.69, 9.17) is 12.2 Å². The van der Waals surface area contributed by atoms with Crippen molar-refractivity contribution in [2.45, 2.75) is 6.92 Å². The number of anilines is 1. The van der Waals surface area contributed by atoms with E-state index in [1.807, 2.05) is 24.4 Å². The lowest BCUT2D eigenvalue weighted by molar-refractivity contribution is -0.113. The van der Waals surface area contributed by atoms with Crippen LogP contribution in [0, 0.1) is 12.7 Å². The van der Waals surface area contributed by atoms with Crippen LogP contribution >= 0.6 is 35.3 Å². The van der Waals surface area contributed by atoms with Crippen molar-refractivity contribution in [3.8, 4) is 0 Å². The van der Waals surface area contributed by atoms with Crippen LogP contribution in [0.15, 0.2) is 40.6 Å². The normalized spacial score (nSPS) is 17.0. The lowest BCUT2D eigenvalue weighted by Gasteiger charge is -2.14. The Morgan fingerprint density at radius 2 is 2.14 bits per heavy atom. The molecule has 0 bridgehead atoms. The minimum absolute atomic E-state index is 0.205. The van der Waals surface area contributed by atoms with Gasteiger partial charge in [-0.2, -0.15) is 0 Å². The van der Waals surface area contributed by atoms with Crippen LogP contribution in [-0.4, -0.2) is 10.2 Å². The van der Waals surface area contributed by atoms with Crippen molar-refractivity contribution in [3.05, 3.63) is 56.9 Å². The third-order valence-corrected chi connectivity index (χ3v) is 5.29. The van der Waals surface area contributed by atoms with Gasteiger partial charge in [-0.3, -0.25) is 9.69 Å². The van der Waals surface area contributed by atoms with Crippen molar-refractivity contribution < 1.29 is 9.18 Å². The van der Waals surface area contributed by atoms with Gasteiger partial charge in [0, 0.05) is 4.88 Å². The van der Waals surface area contributed by atoms with E-state index in [0.717, 1.165) is 10.4 Å². The van der Waals surface area contributed by atoms with Crippen molar-refractivity contribution in [2.75, 3.05) is 4.90 Å². The summed E-state index contributed by atoms with van der Waals surface area (Å²) in [6.07, 6.45) is 1.85. The van der Waals surface area contributed by atoms with E-state index in [1.54, 1.807) is 23.5 Å². The summed E-state index contributed by atoms with van der Waals surface area (Å²) in [5.74, 6) is -0.594. The molecule has 0 atom stereocenters. The van der Waals surface area contributed by atoms with E-state index in [0.29, 0.717) is 14.9 Å². The summed E-state index contributed by atoms with van der Waals surface area (Å²) in [5, 5.41) is 1.98. The standard InChI is InChI=1S/C15H10FNOS3/c1-9-5-6-20-12(9)8-13-14(18)17(15(19)21-13)11-4-2-3-10(16)7-11/h2-8H,1H3/b13-8-. The summed E-state index contributed by atoms with van der Waals surface area (Å²) >= 11 is 8.07. The Morgan fingerprint density at radius 3 is 2.81 bits per heavy atom. The van der Waals surface area contributed by atoms with E-state index in [-0.39, 0.29) is 11.7 Å². The predicted octanol–water partition coefficient (Wildman–Crippen LogP) is 4.60. The molecule has 1 amide bonds. The number of carbonyl (C=O) groups excluding carboxylic acids is 1. The number of rotatable bonds is 2. The van der Waals surface area contributed by atoms with Crippen LogP contribution in [0.3, 0.4) is 0 Å². The van der Waals surface area contributed by atoms with Gasteiger partial charge >= 0.3 is 0 Å². The summed E-state index contributed by atoms with van der Waals surface area (Å²) in [4.78, 5) is 15.5. The molecule has 0 radical (unpaired) electrons. The van der Waals surface area contributed by atoms with Crippen LogP contribution in [0.2, 0.25) is 0 Å². The van der Waals surface area contributed by atoms with E-state index in [2.05, 4.69) is 0 Å². The van der Waals surface area contributed by atoms with Gasteiger partial charge in [-0.05, 0) is 48.2 Å². The van der Waals surface area contributed by atoms with Crippen LogP contribution in [0.25, 0.3) is 6.08 Å². The monoisotopic (exact) mass is 335 g/mol. The molecule has 106 valence electrons. The first-order valence-corrected chi connectivity index (χ1v) is 8.24. The summed E-state index contributed by atoms with van der Waals surface area (Å²) in [6, 6.07) is 7.89. The molecule has 1 aromatic carbocycles. The van der Waals surface area contributed by atoms with E-state index in [9.17, 15) is 9.18 Å².